The summed E-state index contributed by atoms with van der Waals surface area (Å²) in [4.78, 5) is 25.7. The molecule has 4 aliphatic carbocycles. The lowest BCUT2D eigenvalue weighted by Crippen LogP contribution is -2.63. The van der Waals surface area contributed by atoms with E-state index in [0.29, 0.717) is 23.8 Å². The SMILES string of the molecule is CC1=C(CO)C(=O)O[C@@H]([C@@H](C)C2=CC[C@H]3[C@@H]4C[C@H]5O[C@]56[C@@H](O)C=CC(=O)[C@]6(C)[C@H]4CC[C@]23C)C1. The molecule has 0 bridgehead atoms. The number of esters is 1. The van der Waals surface area contributed by atoms with Crippen molar-refractivity contribution in [2.75, 3.05) is 6.61 Å². The van der Waals surface area contributed by atoms with E-state index in [1.807, 2.05) is 13.8 Å². The minimum absolute atomic E-state index is 0.000709. The topological polar surface area (TPSA) is 96.4 Å². The largest absolute Gasteiger partial charge is 0.458 e. The van der Waals surface area contributed by atoms with Crippen molar-refractivity contribution in [1.29, 1.82) is 0 Å². The minimum atomic E-state index is -0.736. The van der Waals surface area contributed by atoms with Crippen molar-refractivity contribution < 1.29 is 29.3 Å². The summed E-state index contributed by atoms with van der Waals surface area (Å²) >= 11 is 0. The highest BCUT2D eigenvalue weighted by molar-refractivity contribution is 5.98. The van der Waals surface area contributed by atoms with Crippen LogP contribution in [0.25, 0.3) is 0 Å². The number of rotatable bonds is 3. The number of epoxide rings is 1. The zero-order valence-corrected chi connectivity index (χ0v) is 20.5. The van der Waals surface area contributed by atoms with Crippen molar-refractivity contribution >= 4 is 11.8 Å². The summed E-state index contributed by atoms with van der Waals surface area (Å²) in [5, 5.41) is 20.3. The highest BCUT2D eigenvalue weighted by atomic mass is 16.6. The van der Waals surface area contributed by atoms with Crippen LogP contribution in [0.4, 0.5) is 0 Å². The van der Waals surface area contributed by atoms with Crippen LogP contribution in [0.5, 0.6) is 0 Å². The molecule has 34 heavy (non-hydrogen) atoms. The average molecular weight is 469 g/mol. The molecule has 0 aromatic carbocycles. The molecular formula is C28H36O6. The molecule has 6 nitrogen and oxygen atoms in total. The molecule has 0 aromatic heterocycles. The van der Waals surface area contributed by atoms with E-state index >= 15 is 0 Å². The molecular weight excluding hydrogens is 432 g/mol. The minimum Gasteiger partial charge on any atom is -0.458 e. The first kappa shape index (κ1) is 22.7. The third kappa shape index (κ3) is 2.57. The molecule has 2 aliphatic heterocycles. The first-order chi connectivity index (χ1) is 16.1. The molecule has 2 N–H and O–H groups in total. The van der Waals surface area contributed by atoms with E-state index in [2.05, 4.69) is 19.9 Å². The van der Waals surface area contributed by atoms with Gasteiger partial charge >= 0.3 is 5.97 Å². The Bertz CT molecular complexity index is 1060. The van der Waals surface area contributed by atoms with Crippen LogP contribution in [0.15, 0.2) is 34.9 Å². The van der Waals surface area contributed by atoms with E-state index in [4.69, 9.17) is 9.47 Å². The number of ether oxygens (including phenoxy) is 2. The predicted molar refractivity (Wildman–Crippen MR) is 124 cm³/mol. The second-order valence-electron chi connectivity index (χ2n) is 12.1. The van der Waals surface area contributed by atoms with Crippen molar-refractivity contribution in [2.24, 2.45) is 34.5 Å². The number of ketones is 1. The zero-order valence-electron chi connectivity index (χ0n) is 20.5. The van der Waals surface area contributed by atoms with Crippen molar-refractivity contribution in [3.63, 3.8) is 0 Å². The number of carbonyl (C=O) groups excluding carboxylic acids is 2. The standard InChI is InChI=1S/C28H36O6/c1-14-11-21(33-25(32)17(14)13-29)15(2)18-5-6-19-16-12-24-28(34-24)23(31)8-7-22(30)27(28,4)20(16)9-10-26(18,19)3/h5,7-8,15-16,19-21,23-24,29,31H,6,9-13H2,1-4H3/t15-,16-,19-,20-,21+,23-,24+,26+,27-,28+/m0/s1. The summed E-state index contributed by atoms with van der Waals surface area (Å²) in [6.07, 6.45) is 9.03. The van der Waals surface area contributed by atoms with Crippen LogP contribution in [-0.4, -0.2) is 52.5 Å². The Hall–Kier alpha value is -1.76. The lowest BCUT2D eigenvalue weighted by atomic mass is 9.44. The van der Waals surface area contributed by atoms with Gasteiger partial charge in [0.05, 0.1) is 23.7 Å². The van der Waals surface area contributed by atoms with Gasteiger partial charge in [-0.1, -0.05) is 31.1 Å². The molecule has 0 unspecified atom stereocenters. The van der Waals surface area contributed by atoms with Crippen molar-refractivity contribution in [3.8, 4) is 0 Å². The van der Waals surface area contributed by atoms with Crippen LogP contribution < -0.4 is 0 Å². The van der Waals surface area contributed by atoms with Gasteiger partial charge in [0.25, 0.3) is 0 Å². The number of fused-ring (bicyclic) bond motifs is 4. The van der Waals surface area contributed by atoms with Crippen LogP contribution in [-0.2, 0) is 19.1 Å². The van der Waals surface area contributed by atoms with Crippen LogP contribution >= 0.6 is 0 Å². The van der Waals surface area contributed by atoms with Crippen LogP contribution in [0.3, 0.4) is 0 Å². The maximum Gasteiger partial charge on any atom is 0.336 e. The molecule has 0 amide bonds. The fourth-order valence-electron chi connectivity index (χ4n) is 9.02. The van der Waals surface area contributed by atoms with Crippen LogP contribution in [0.2, 0.25) is 0 Å². The van der Waals surface area contributed by atoms with Gasteiger partial charge in [-0.25, -0.2) is 4.79 Å². The number of hydrogen-bond acceptors (Lipinski definition) is 6. The third-order valence-corrected chi connectivity index (χ3v) is 11.0. The molecule has 3 fully saturated rings. The van der Waals surface area contributed by atoms with Crippen molar-refractivity contribution in [2.45, 2.75) is 83.7 Å². The molecule has 184 valence electrons. The van der Waals surface area contributed by atoms with Gasteiger partial charge in [0.2, 0.25) is 0 Å². The highest BCUT2D eigenvalue weighted by Crippen LogP contribution is 2.72. The molecule has 6 heteroatoms. The molecule has 10 atom stereocenters. The Morgan fingerprint density at radius 1 is 1.24 bits per heavy atom. The molecule has 1 saturated heterocycles. The Labute approximate surface area is 201 Å². The van der Waals surface area contributed by atoms with Gasteiger partial charge in [0.15, 0.2) is 5.78 Å². The van der Waals surface area contributed by atoms with E-state index in [1.54, 1.807) is 12.2 Å². The first-order valence-corrected chi connectivity index (χ1v) is 12.9. The normalized spacial score (nSPS) is 50.0. The quantitative estimate of drug-likeness (QED) is 0.375. The van der Waals surface area contributed by atoms with Gasteiger partial charge in [-0.05, 0) is 74.9 Å². The zero-order chi connectivity index (χ0) is 24.2. The smallest absolute Gasteiger partial charge is 0.336 e. The summed E-state index contributed by atoms with van der Waals surface area (Å²) in [5.74, 6) is 0.796. The lowest BCUT2D eigenvalue weighted by molar-refractivity contribution is -0.150. The third-order valence-electron chi connectivity index (χ3n) is 11.0. The fourth-order valence-corrected chi connectivity index (χ4v) is 9.02. The van der Waals surface area contributed by atoms with Gasteiger partial charge in [-0.3, -0.25) is 4.79 Å². The van der Waals surface area contributed by atoms with E-state index in [1.165, 1.54) is 5.57 Å². The van der Waals surface area contributed by atoms with Crippen LogP contribution in [0, 0.1) is 34.5 Å². The molecule has 1 spiro atoms. The maximum absolute atomic E-state index is 13.3. The Morgan fingerprint density at radius 3 is 2.71 bits per heavy atom. The maximum atomic E-state index is 13.3. The predicted octanol–water partition coefficient (Wildman–Crippen LogP) is 3.27. The number of cyclic esters (lactones) is 1. The van der Waals surface area contributed by atoms with Gasteiger partial charge in [-0.2, -0.15) is 0 Å². The molecule has 0 radical (unpaired) electrons. The van der Waals surface area contributed by atoms with Crippen LogP contribution in [0.1, 0.15) is 59.8 Å². The first-order valence-electron chi connectivity index (χ1n) is 12.9. The van der Waals surface area contributed by atoms with Gasteiger partial charge in [0, 0.05) is 12.3 Å². The van der Waals surface area contributed by atoms with E-state index in [9.17, 15) is 19.8 Å². The number of hydrogen-bond donors (Lipinski definition) is 2. The molecule has 6 rings (SSSR count). The molecule has 0 aromatic rings. The van der Waals surface area contributed by atoms with E-state index in [0.717, 1.165) is 31.3 Å². The highest BCUT2D eigenvalue weighted by Gasteiger charge is 2.80. The van der Waals surface area contributed by atoms with Gasteiger partial charge in [-0.15, -0.1) is 0 Å². The van der Waals surface area contributed by atoms with E-state index < -0.39 is 23.1 Å². The van der Waals surface area contributed by atoms with Gasteiger partial charge < -0.3 is 19.7 Å². The second kappa shape index (κ2) is 7.14. The second-order valence-corrected chi connectivity index (χ2v) is 12.1. The number of carbonyl (C=O) groups is 2. The Morgan fingerprint density at radius 2 is 2.00 bits per heavy atom. The van der Waals surface area contributed by atoms with Gasteiger partial charge in [0.1, 0.15) is 17.8 Å². The molecule has 6 aliphatic rings. The van der Waals surface area contributed by atoms with Crippen molar-refractivity contribution in [3.05, 3.63) is 34.9 Å². The summed E-state index contributed by atoms with van der Waals surface area (Å²) in [6, 6.07) is 0. The Kier molecular flexibility index (Phi) is 4.77. The number of allylic oxidation sites excluding steroid dienone is 2. The summed E-state index contributed by atoms with van der Waals surface area (Å²) in [7, 11) is 0. The molecule has 2 saturated carbocycles. The van der Waals surface area contributed by atoms with E-state index in [-0.39, 0.29) is 41.8 Å². The fraction of sp³-hybridized carbons (Fsp3) is 0.714. The molecule has 2 heterocycles. The summed E-state index contributed by atoms with van der Waals surface area (Å²) in [5.41, 5.74) is 1.28. The average Bonchev–Trinajstić information content (AvgIpc) is 3.43. The summed E-state index contributed by atoms with van der Waals surface area (Å²) in [6.45, 7) is 8.22. The lowest BCUT2D eigenvalue weighted by Gasteiger charge is -2.57. The number of aliphatic hydroxyl groups is 2. The summed E-state index contributed by atoms with van der Waals surface area (Å²) < 4.78 is 12.0. The van der Waals surface area contributed by atoms with Crippen molar-refractivity contribution in [1.82, 2.24) is 0 Å². The Balaban J connectivity index is 1.28. The monoisotopic (exact) mass is 468 g/mol. The number of aliphatic hydroxyl groups excluding tert-OH is 2.